The summed E-state index contributed by atoms with van der Waals surface area (Å²) in [6, 6.07) is 22.2. The average molecular weight is 475 g/mol. The fourth-order valence-corrected chi connectivity index (χ4v) is 6.18. The lowest BCUT2D eigenvalue weighted by atomic mass is 10.3. The third kappa shape index (κ3) is 3.73. The summed E-state index contributed by atoms with van der Waals surface area (Å²) in [5, 5.41) is 55.1. The highest BCUT2D eigenvalue weighted by atomic mass is 32.1. The van der Waals surface area contributed by atoms with Gasteiger partial charge in [-0.2, -0.15) is 31.6 Å². The molecular weight excluding hydrogens is 469 g/mol. The molecule has 150 valence electrons. The van der Waals surface area contributed by atoms with Gasteiger partial charge in [0.1, 0.15) is 53.1 Å². The lowest BCUT2D eigenvalue weighted by Crippen LogP contribution is -1.98. The quantitative estimate of drug-likeness (QED) is 0.459. The van der Waals surface area contributed by atoms with Crippen LogP contribution >= 0.6 is 34.0 Å². The van der Waals surface area contributed by atoms with Crippen molar-refractivity contribution < 1.29 is 0 Å². The van der Waals surface area contributed by atoms with E-state index in [-0.39, 0.29) is 16.7 Å². The third-order valence-electron chi connectivity index (χ3n) is 4.65. The van der Waals surface area contributed by atoms with Gasteiger partial charge in [0.15, 0.2) is 0 Å². The van der Waals surface area contributed by atoms with E-state index in [1.807, 2.05) is 54.6 Å². The lowest BCUT2D eigenvalue weighted by molar-refractivity contribution is 1.51. The van der Waals surface area contributed by atoms with Crippen molar-refractivity contribution in [2.45, 2.75) is 0 Å². The molecule has 0 spiro atoms. The number of thiophene rings is 3. The maximum Gasteiger partial charge on any atom is 0.146 e. The maximum atomic E-state index is 9.18. The van der Waals surface area contributed by atoms with Gasteiger partial charge < -0.3 is 0 Å². The van der Waals surface area contributed by atoms with Gasteiger partial charge in [-0.25, -0.2) is 0 Å². The number of rotatable bonds is 0. The molecule has 1 fully saturated rings. The van der Waals surface area contributed by atoms with Gasteiger partial charge in [0, 0.05) is 30.3 Å². The molecule has 9 heteroatoms. The number of nitriles is 6. The molecule has 3 heterocycles. The lowest BCUT2D eigenvalue weighted by Gasteiger charge is -1.75. The van der Waals surface area contributed by atoms with Crippen LogP contribution in [0.5, 0.6) is 0 Å². The molecule has 0 N–H and O–H groups in total. The van der Waals surface area contributed by atoms with Crippen molar-refractivity contribution in [2.24, 2.45) is 0 Å². The van der Waals surface area contributed by atoms with E-state index in [4.69, 9.17) is 0 Å². The van der Waals surface area contributed by atoms with Gasteiger partial charge >= 0.3 is 0 Å². The fraction of sp³-hybridized carbons (Fsp3) is 0. The first-order valence-corrected chi connectivity index (χ1v) is 11.5. The van der Waals surface area contributed by atoms with Crippen LogP contribution < -0.4 is 27.2 Å². The van der Waals surface area contributed by atoms with E-state index < -0.39 is 0 Å². The van der Waals surface area contributed by atoms with Gasteiger partial charge in [-0.15, -0.1) is 34.0 Å². The van der Waals surface area contributed by atoms with E-state index in [1.54, 1.807) is 18.2 Å². The zero-order valence-corrected chi connectivity index (χ0v) is 18.8. The van der Waals surface area contributed by atoms with Crippen LogP contribution in [-0.2, 0) is 0 Å². The Morgan fingerprint density at radius 3 is 0.879 bits per heavy atom. The molecule has 0 saturated heterocycles. The fourth-order valence-electron chi connectivity index (χ4n) is 3.15. The summed E-state index contributed by atoms with van der Waals surface area (Å²) in [6.07, 6.45) is 0. The predicted octanol–water partition coefficient (Wildman–Crippen LogP) is 0.331. The largest absolute Gasteiger partial charge is 0.192 e. The molecule has 1 aliphatic carbocycles. The molecular formula is C24H6N6S3. The van der Waals surface area contributed by atoms with Gasteiger partial charge in [0.05, 0.1) is 13.6 Å². The Morgan fingerprint density at radius 1 is 0.424 bits per heavy atom. The summed E-state index contributed by atoms with van der Waals surface area (Å²) < 4.78 is 4.33. The first-order chi connectivity index (χ1) is 16.1. The molecule has 4 rings (SSSR count). The Bertz CT molecular complexity index is 1700. The molecule has 6 nitrogen and oxygen atoms in total. The SMILES string of the molecule is N#CC(C#N)=c1ccc(=C2C(=c3ccc(=C(C#N)C#N)s3)C2=c2ccc(=C(C#N)C#N)s2)s1. The first-order valence-electron chi connectivity index (χ1n) is 9.05. The van der Waals surface area contributed by atoms with Crippen LogP contribution in [0.2, 0.25) is 0 Å². The van der Waals surface area contributed by atoms with Gasteiger partial charge in [-0.05, 0) is 36.4 Å². The minimum absolute atomic E-state index is 0.0389. The van der Waals surface area contributed by atoms with E-state index in [0.717, 1.165) is 30.3 Å². The van der Waals surface area contributed by atoms with Crippen molar-refractivity contribution in [3.63, 3.8) is 0 Å². The van der Waals surface area contributed by atoms with E-state index >= 15 is 0 Å². The van der Waals surface area contributed by atoms with Crippen LogP contribution in [0.1, 0.15) is 0 Å². The van der Waals surface area contributed by atoms with Crippen LogP contribution in [0.15, 0.2) is 36.4 Å². The molecule has 0 aliphatic heterocycles. The third-order valence-corrected chi connectivity index (χ3v) is 8.02. The van der Waals surface area contributed by atoms with Crippen LogP contribution in [0.25, 0.3) is 33.4 Å². The van der Waals surface area contributed by atoms with Crippen LogP contribution in [0, 0.1) is 68.0 Å². The second-order valence-electron chi connectivity index (χ2n) is 6.41. The van der Waals surface area contributed by atoms with Crippen molar-refractivity contribution in [2.75, 3.05) is 0 Å². The molecule has 0 unspecified atom stereocenters. The van der Waals surface area contributed by atoms with E-state index in [2.05, 4.69) is 0 Å². The Hall–Kier alpha value is -4.74. The summed E-state index contributed by atoms with van der Waals surface area (Å²) in [6.45, 7) is 0. The van der Waals surface area contributed by atoms with Crippen molar-refractivity contribution in [3.05, 3.63) is 63.6 Å². The second-order valence-corrected chi connectivity index (χ2v) is 9.66. The standard InChI is InChI=1S/C24H6N6S3/c25-7-13(8-26)16-1-4-19(31-16)22-23(20-5-2-17(32-20)14(9-27)10-28)24(22)21-6-3-18(33-21)15(11-29)12-30/h1-6H. The molecule has 0 radical (unpaired) electrons. The molecule has 0 aromatic carbocycles. The second kappa shape index (κ2) is 8.78. The molecule has 33 heavy (non-hydrogen) atoms. The first kappa shape index (κ1) is 21.5. The molecule has 1 aliphatic rings. The van der Waals surface area contributed by atoms with Crippen molar-refractivity contribution in [3.8, 4) is 36.4 Å². The monoisotopic (exact) mass is 474 g/mol. The zero-order valence-electron chi connectivity index (χ0n) is 16.4. The molecule has 0 bridgehead atoms. The van der Waals surface area contributed by atoms with Crippen LogP contribution in [0.4, 0.5) is 0 Å². The summed E-state index contributed by atoms with van der Waals surface area (Å²) >= 11 is 3.99. The summed E-state index contributed by atoms with van der Waals surface area (Å²) in [5.41, 5.74) is 2.93. The Morgan fingerprint density at radius 2 is 0.667 bits per heavy atom. The van der Waals surface area contributed by atoms with Crippen LogP contribution in [-0.4, -0.2) is 0 Å². The molecule has 3 aromatic rings. The number of hydrogen-bond acceptors (Lipinski definition) is 9. The Labute approximate surface area is 198 Å². The summed E-state index contributed by atoms with van der Waals surface area (Å²) in [7, 11) is 0. The zero-order chi connectivity index (χ0) is 23.5. The number of nitrogens with zero attached hydrogens (tertiary/aromatic N) is 6. The minimum atomic E-state index is 0.0389. The summed E-state index contributed by atoms with van der Waals surface area (Å²) in [5.74, 6) is 0. The minimum Gasteiger partial charge on any atom is -0.192 e. The van der Waals surface area contributed by atoms with Crippen molar-refractivity contribution >= 4 is 67.4 Å². The van der Waals surface area contributed by atoms with Gasteiger partial charge in [0.2, 0.25) is 0 Å². The number of hydrogen-bond donors (Lipinski definition) is 0. The van der Waals surface area contributed by atoms with Crippen LogP contribution in [0.3, 0.4) is 0 Å². The smallest absolute Gasteiger partial charge is 0.146 e. The molecule has 0 amide bonds. The van der Waals surface area contributed by atoms with Gasteiger partial charge in [-0.1, -0.05) is 0 Å². The topological polar surface area (TPSA) is 143 Å². The van der Waals surface area contributed by atoms with E-state index in [0.29, 0.717) is 13.6 Å². The van der Waals surface area contributed by atoms with E-state index in [9.17, 15) is 31.6 Å². The maximum absolute atomic E-state index is 9.18. The Balaban J connectivity index is 2.16. The highest BCUT2D eigenvalue weighted by Gasteiger charge is 2.33. The predicted molar refractivity (Wildman–Crippen MR) is 125 cm³/mol. The molecule has 3 aromatic heterocycles. The van der Waals surface area contributed by atoms with Crippen molar-refractivity contribution in [1.29, 1.82) is 31.6 Å². The van der Waals surface area contributed by atoms with Crippen molar-refractivity contribution in [1.82, 2.24) is 0 Å². The molecule has 0 atom stereocenters. The molecule has 1 saturated carbocycles. The average Bonchev–Trinajstić information content (AvgIpc) is 3.29. The normalized spacial score (nSPS) is 11.3. The van der Waals surface area contributed by atoms with Gasteiger partial charge in [0.25, 0.3) is 0 Å². The van der Waals surface area contributed by atoms with Gasteiger partial charge in [-0.3, -0.25) is 0 Å². The Kier molecular flexibility index (Phi) is 5.72. The summed E-state index contributed by atoms with van der Waals surface area (Å²) in [4.78, 5) is 0. The highest BCUT2D eigenvalue weighted by Crippen LogP contribution is 2.47. The highest BCUT2D eigenvalue weighted by molar-refractivity contribution is 7.10. The van der Waals surface area contributed by atoms with E-state index in [1.165, 1.54) is 34.0 Å².